The maximum atomic E-state index is 12.8. The molecule has 1 saturated heterocycles. The van der Waals surface area contributed by atoms with Crippen LogP contribution >= 0.6 is 0 Å². The molecule has 0 aromatic carbocycles. The maximum Gasteiger partial charge on any atom is 0.271 e. The third-order valence-electron chi connectivity index (χ3n) is 5.76. The number of hydrogen-bond acceptors (Lipinski definition) is 6. The van der Waals surface area contributed by atoms with Gasteiger partial charge in [-0.25, -0.2) is 4.98 Å². The fourth-order valence-electron chi connectivity index (χ4n) is 4.10. The summed E-state index contributed by atoms with van der Waals surface area (Å²) in [7, 11) is 5.78. The average molecular weight is 439 g/mol. The van der Waals surface area contributed by atoms with Crippen LogP contribution in [-0.4, -0.2) is 79.0 Å². The second-order valence-electron chi connectivity index (χ2n) is 8.31. The number of carbonyl (C=O) groups is 1. The molecule has 8 heteroatoms. The summed E-state index contributed by atoms with van der Waals surface area (Å²) < 4.78 is 0. The van der Waals surface area contributed by atoms with Gasteiger partial charge in [-0.1, -0.05) is 6.08 Å². The van der Waals surface area contributed by atoms with Crippen molar-refractivity contribution in [2.75, 3.05) is 57.5 Å². The van der Waals surface area contributed by atoms with Crippen LogP contribution < -0.4 is 15.8 Å². The van der Waals surface area contributed by atoms with Gasteiger partial charge < -0.3 is 25.0 Å². The van der Waals surface area contributed by atoms with Crippen LogP contribution in [0, 0.1) is 0 Å². The summed E-state index contributed by atoms with van der Waals surface area (Å²) in [6.07, 6.45) is 8.91. The minimum Gasteiger partial charge on any atom is -0.373 e. The summed E-state index contributed by atoms with van der Waals surface area (Å²) >= 11 is 0. The largest absolute Gasteiger partial charge is 0.373 e. The Labute approximate surface area is 189 Å². The number of anilines is 2. The van der Waals surface area contributed by atoms with Gasteiger partial charge in [-0.3, -0.25) is 9.59 Å². The Kier molecular flexibility index (Phi) is 8.05. The molecule has 1 aliphatic heterocycles. The van der Waals surface area contributed by atoms with Gasteiger partial charge in [-0.15, -0.1) is 0 Å². The van der Waals surface area contributed by atoms with Crippen molar-refractivity contribution in [2.24, 2.45) is 0 Å². The Morgan fingerprint density at radius 3 is 2.88 bits per heavy atom. The summed E-state index contributed by atoms with van der Waals surface area (Å²) in [5, 5.41) is 3.05. The summed E-state index contributed by atoms with van der Waals surface area (Å²) in [5.74, 6) is 0.804. The number of carbonyl (C=O) groups excluding carboxylic acids is 1. The van der Waals surface area contributed by atoms with Crippen LogP contribution in [0.3, 0.4) is 0 Å². The molecule has 0 spiro atoms. The third kappa shape index (κ3) is 5.76. The van der Waals surface area contributed by atoms with Crippen LogP contribution in [0.1, 0.15) is 19.8 Å². The fraction of sp³-hybridized carbons (Fsp3) is 0.458. The number of likely N-dealkylation sites (N-methyl/N-ethyl adjacent to an activating group) is 2. The highest BCUT2D eigenvalue weighted by molar-refractivity contribution is 5.87. The molecule has 1 amide bonds. The smallest absolute Gasteiger partial charge is 0.271 e. The highest BCUT2D eigenvalue weighted by atomic mass is 16.2. The van der Waals surface area contributed by atoms with Crippen molar-refractivity contribution in [1.29, 1.82) is 0 Å². The number of hydrogen-bond donors (Lipinski definition) is 2. The molecule has 0 radical (unpaired) electrons. The Morgan fingerprint density at radius 1 is 1.34 bits per heavy atom. The van der Waals surface area contributed by atoms with Crippen LogP contribution in [0.5, 0.6) is 0 Å². The lowest BCUT2D eigenvalue weighted by molar-refractivity contribution is -0.127. The van der Waals surface area contributed by atoms with Gasteiger partial charge in [-0.2, -0.15) is 0 Å². The number of nitrogens with zero attached hydrogens (tertiary/aromatic N) is 4. The normalized spacial score (nSPS) is 16.5. The highest BCUT2D eigenvalue weighted by Crippen LogP contribution is 2.26. The van der Waals surface area contributed by atoms with E-state index in [0.29, 0.717) is 18.8 Å². The van der Waals surface area contributed by atoms with Gasteiger partial charge in [0.05, 0.1) is 0 Å². The van der Waals surface area contributed by atoms with Gasteiger partial charge in [0.25, 0.3) is 5.56 Å². The van der Waals surface area contributed by atoms with Gasteiger partial charge in [0.2, 0.25) is 5.91 Å². The second kappa shape index (κ2) is 10.9. The van der Waals surface area contributed by atoms with E-state index in [9.17, 15) is 9.59 Å². The van der Waals surface area contributed by atoms with E-state index >= 15 is 0 Å². The Hall–Kier alpha value is -3.13. The maximum absolute atomic E-state index is 12.8. The van der Waals surface area contributed by atoms with Crippen molar-refractivity contribution in [2.45, 2.75) is 25.8 Å². The molecular weight excluding hydrogens is 404 g/mol. The zero-order valence-electron chi connectivity index (χ0n) is 19.5. The average Bonchev–Trinajstić information content (AvgIpc) is 2.80. The van der Waals surface area contributed by atoms with Gasteiger partial charge in [0, 0.05) is 63.3 Å². The number of rotatable bonds is 8. The first-order valence-corrected chi connectivity index (χ1v) is 11.2. The number of H-pyrrole nitrogens is 1. The predicted octanol–water partition coefficient (Wildman–Crippen LogP) is 2.41. The van der Waals surface area contributed by atoms with Crippen LogP contribution in [0.4, 0.5) is 11.5 Å². The van der Waals surface area contributed by atoms with E-state index in [4.69, 9.17) is 0 Å². The van der Waals surface area contributed by atoms with E-state index in [2.05, 4.69) is 27.1 Å². The van der Waals surface area contributed by atoms with Crippen LogP contribution in [0.15, 0.2) is 47.5 Å². The Bertz CT molecular complexity index is 1000. The number of piperidine rings is 1. The molecule has 32 heavy (non-hydrogen) atoms. The standard InChI is InChI=1S/C24H34N6O2/c1-5-30(20-8-6-13-29(17-20)23(31)9-7-12-28(3)4)21-14-19(16-27-24(21)32)18-10-11-26-22(15-18)25-2/h7,9-11,14-16,20H,5-6,8,12-13,17H2,1-4H3,(H,25,26)(H,27,32)/b9-7+/t20-/m0/s1. The summed E-state index contributed by atoms with van der Waals surface area (Å²) in [6, 6.07) is 5.92. The number of aromatic nitrogens is 2. The Morgan fingerprint density at radius 2 is 2.16 bits per heavy atom. The molecule has 8 nitrogen and oxygen atoms in total. The van der Waals surface area contributed by atoms with Crippen molar-refractivity contribution in [3.05, 3.63) is 53.1 Å². The lowest BCUT2D eigenvalue weighted by Gasteiger charge is -2.39. The molecule has 1 aliphatic rings. The first kappa shape index (κ1) is 23.5. The minimum atomic E-state index is -0.118. The molecule has 0 unspecified atom stereocenters. The number of nitrogens with one attached hydrogen (secondary N) is 2. The zero-order chi connectivity index (χ0) is 23.1. The van der Waals surface area contributed by atoms with Crippen molar-refractivity contribution in [3.63, 3.8) is 0 Å². The van der Waals surface area contributed by atoms with Crippen molar-refractivity contribution in [1.82, 2.24) is 19.8 Å². The quantitative estimate of drug-likeness (QED) is 0.616. The van der Waals surface area contributed by atoms with Crippen LogP contribution in [0.2, 0.25) is 0 Å². The molecule has 172 valence electrons. The number of pyridine rings is 2. The molecule has 3 rings (SSSR count). The van der Waals surface area contributed by atoms with Crippen LogP contribution in [0.25, 0.3) is 11.1 Å². The first-order valence-electron chi connectivity index (χ1n) is 11.2. The van der Waals surface area contributed by atoms with Crippen molar-refractivity contribution < 1.29 is 4.79 Å². The van der Waals surface area contributed by atoms with Gasteiger partial charge in [-0.05, 0) is 57.6 Å². The van der Waals surface area contributed by atoms with Crippen molar-refractivity contribution >= 4 is 17.4 Å². The van der Waals surface area contributed by atoms with Gasteiger partial charge in [0.15, 0.2) is 0 Å². The number of aromatic amines is 1. The van der Waals surface area contributed by atoms with Gasteiger partial charge >= 0.3 is 0 Å². The molecule has 0 saturated carbocycles. The van der Waals surface area contributed by atoms with E-state index in [1.54, 1.807) is 18.5 Å². The first-order chi connectivity index (χ1) is 15.4. The molecule has 0 bridgehead atoms. The molecule has 2 aromatic heterocycles. The van der Waals surface area contributed by atoms with E-state index < -0.39 is 0 Å². The molecule has 3 heterocycles. The number of likely N-dealkylation sites (tertiary alicyclic amines) is 1. The third-order valence-corrected chi connectivity index (χ3v) is 5.76. The molecule has 0 aliphatic carbocycles. The molecule has 2 aromatic rings. The van der Waals surface area contributed by atoms with E-state index in [1.807, 2.05) is 55.2 Å². The lowest BCUT2D eigenvalue weighted by atomic mass is 10.0. The monoisotopic (exact) mass is 438 g/mol. The SMILES string of the molecule is CCN(c1cc(-c2ccnc(NC)c2)c[nH]c1=O)[C@H]1CCCN(C(=O)/C=C/CN(C)C)C1. The lowest BCUT2D eigenvalue weighted by Crippen LogP contribution is -2.50. The van der Waals surface area contributed by atoms with Crippen molar-refractivity contribution in [3.8, 4) is 11.1 Å². The highest BCUT2D eigenvalue weighted by Gasteiger charge is 2.28. The fourth-order valence-corrected chi connectivity index (χ4v) is 4.10. The second-order valence-corrected chi connectivity index (χ2v) is 8.31. The van der Waals surface area contributed by atoms with Gasteiger partial charge in [0.1, 0.15) is 11.5 Å². The van der Waals surface area contributed by atoms with Crippen LogP contribution in [-0.2, 0) is 4.79 Å². The van der Waals surface area contributed by atoms with E-state index in [-0.39, 0.29) is 17.5 Å². The zero-order valence-corrected chi connectivity index (χ0v) is 19.5. The molecule has 1 atom stereocenters. The summed E-state index contributed by atoms with van der Waals surface area (Å²) in [4.78, 5) is 38.6. The molecular formula is C24H34N6O2. The molecule has 1 fully saturated rings. The topological polar surface area (TPSA) is 84.6 Å². The van der Waals surface area contributed by atoms with E-state index in [1.165, 1.54) is 0 Å². The Balaban J connectivity index is 1.82. The minimum absolute atomic E-state index is 0.0339. The predicted molar refractivity (Wildman–Crippen MR) is 130 cm³/mol. The molecule has 2 N–H and O–H groups in total. The van der Waals surface area contributed by atoms with E-state index in [0.717, 1.165) is 42.9 Å². The summed E-state index contributed by atoms with van der Waals surface area (Å²) in [6.45, 7) is 4.83. The summed E-state index contributed by atoms with van der Waals surface area (Å²) in [5.41, 5.74) is 2.42. The number of amides is 1.